The maximum absolute atomic E-state index is 6.82. The van der Waals surface area contributed by atoms with Crippen molar-refractivity contribution in [3.05, 3.63) is 163 Å². The van der Waals surface area contributed by atoms with E-state index < -0.39 is 0 Å². The lowest BCUT2D eigenvalue weighted by atomic mass is 9.98. The minimum Gasteiger partial charge on any atom is -0.455 e. The van der Waals surface area contributed by atoms with Gasteiger partial charge in [0.2, 0.25) is 0 Å². The number of rotatable bonds is 4. The standard InChI is InChI=1S/C45H29NO2/c1-28-26-38-39-27-41(33-15-6-8-18-36(33)44(39)48-43(38)35-17-7-5-14-32(28)35)46(31-24-22-30(23-25-31)29-12-3-2-4-13-29)40-20-11-19-37-34-16-9-10-21-42(34)47-45(37)40/h2-27H,1H3. The third kappa shape index (κ3) is 3.94. The van der Waals surface area contributed by atoms with Gasteiger partial charge >= 0.3 is 0 Å². The molecule has 10 rings (SSSR count). The predicted octanol–water partition coefficient (Wildman–Crippen LogP) is 13.2. The van der Waals surface area contributed by atoms with Gasteiger partial charge in [-0.05, 0) is 65.4 Å². The lowest BCUT2D eigenvalue weighted by molar-refractivity contribution is 0.669. The molecule has 0 spiro atoms. The zero-order valence-electron chi connectivity index (χ0n) is 26.3. The monoisotopic (exact) mass is 615 g/mol. The first kappa shape index (κ1) is 26.9. The average molecular weight is 616 g/mol. The molecule has 3 nitrogen and oxygen atoms in total. The molecule has 48 heavy (non-hydrogen) atoms. The van der Waals surface area contributed by atoms with Gasteiger partial charge in [-0.25, -0.2) is 0 Å². The summed E-state index contributed by atoms with van der Waals surface area (Å²) < 4.78 is 13.5. The van der Waals surface area contributed by atoms with E-state index in [-0.39, 0.29) is 0 Å². The summed E-state index contributed by atoms with van der Waals surface area (Å²) in [5, 5.41) is 8.94. The molecule has 0 amide bonds. The van der Waals surface area contributed by atoms with E-state index in [1.54, 1.807) is 0 Å². The summed E-state index contributed by atoms with van der Waals surface area (Å²) in [5.41, 5.74) is 10.2. The van der Waals surface area contributed by atoms with Gasteiger partial charge in [-0.3, -0.25) is 0 Å². The van der Waals surface area contributed by atoms with Gasteiger partial charge in [-0.1, -0.05) is 121 Å². The van der Waals surface area contributed by atoms with Crippen molar-refractivity contribution < 1.29 is 8.83 Å². The fourth-order valence-corrected chi connectivity index (χ4v) is 7.52. The predicted molar refractivity (Wildman–Crippen MR) is 201 cm³/mol. The highest BCUT2D eigenvalue weighted by molar-refractivity contribution is 6.24. The smallest absolute Gasteiger partial charge is 0.159 e. The lowest BCUT2D eigenvalue weighted by Crippen LogP contribution is -2.11. The Labute approximate surface area is 276 Å². The fourth-order valence-electron chi connectivity index (χ4n) is 7.52. The first-order valence-corrected chi connectivity index (χ1v) is 16.4. The average Bonchev–Trinajstić information content (AvgIpc) is 3.72. The molecule has 0 radical (unpaired) electrons. The van der Waals surface area contributed by atoms with Crippen LogP contribution in [0.3, 0.4) is 0 Å². The van der Waals surface area contributed by atoms with E-state index in [4.69, 9.17) is 8.83 Å². The number of nitrogens with zero attached hydrogens (tertiary/aromatic N) is 1. The molecule has 0 aliphatic heterocycles. The summed E-state index contributed by atoms with van der Waals surface area (Å²) in [4.78, 5) is 2.36. The number of hydrogen-bond acceptors (Lipinski definition) is 3. The Kier molecular flexibility index (Phi) is 5.79. The molecule has 0 aliphatic rings. The second kappa shape index (κ2) is 10.3. The Hall–Kier alpha value is -6.32. The van der Waals surface area contributed by atoms with E-state index in [1.807, 2.05) is 12.1 Å². The maximum atomic E-state index is 6.82. The Morgan fingerprint density at radius 3 is 1.71 bits per heavy atom. The highest BCUT2D eigenvalue weighted by atomic mass is 16.3. The minimum absolute atomic E-state index is 0.855. The largest absolute Gasteiger partial charge is 0.455 e. The zero-order chi connectivity index (χ0) is 31.8. The molecule has 0 fully saturated rings. The molecule has 0 saturated carbocycles. The van der Waals surface area contributed by atoms with Gasteiger partial charge in [0.1, 0.15) is 16.7 Å². The number of aryl methyl sites for hydroxylation is 1. The summed E-state index contributed by atoms with van der Waals surface area (Å²) in [6.07, 6.45) is 0. The van der Waals surface area contributed by atoms with Crippen molar-refractivity contribution in [1.82, 2.24) is 0 Å². The van der Waals surface area contributed by atoms with Crippen LogP contribution in [0, 0.1) is 6.92 Å². The van der Waals surface area contributed by atoms with Crippen LogP contribution in [0.2, 0.25) is 0 Å². The first-order valence-electron chi connectivity index (χ1n) is 16.4. The molecule has 0 bridgehead atoms. The topological polar surface area (TPSA) is 29.5 Å². The lowest BCUT2D eigenvalue weighted by Gasteiger charge is -2.27. The van der Waals surface area contributed by atoms with Crippen LogP contribution < -0.4 is 4.90 Å². The second-order valence-corrected chi connectivity index (χ2v) is 12.5. The summed E-state index contributed by atoms with van der Waals surface area (Å²) in [6.45, 7) is 2.19. The van der Waals surface area contributed by atoms with Crippen LogP contribution in [0.15, 0.2) is 167 Å². The normalized spacial score (nSPS) is 11.9. The number of para-hydroxylation sites is 2. The molecule has 0 saturated heterocycles. The molecule has 0 atom stereocenters. The maximum Gasteiger partial charge on any atom is 0.159 e. The van der Waals surface area contributed by atoms with E-state index in [0.717, 1.165) is 77.1 Å². The summed E-state index contributed by atoms with van der Waals surface area (Å²) in [5.74, 6) is 0. The minimum atomic E-state index is 0.855. The molecule has 3 heteroatoms. The number of hydrogen-bond donors (Lipinski definition) is 0. The molecule has 0 N–H and O–H groups in total. The fraction of sp³-hybridized carbons (Fsp3) is 0.0222. The Morgan fingerprint density at radius 1 is 0.375 bits per heavy atom. The number of fused-ring (bicyclic) bond motifs is 10. The van der Waals surface area contributed by atoms with Gasteiger partial charge in [0.05, 0.1) is 11.4 Å². The molecule has 10 aromatic rings. The molecule has 8 aromatic carbocycles. The van der Waals surface area contributed by atoms with Crippen LogP contribution in [0.1, 0.15) is 5.56 Å². The highest BCUT2D eigenvalue weighted by Gasteiger charge is 2.24. The van der Waals surface area contributed by atoms with Crippen molar-refractivity contribution in [2.75, 3.05) is 4.90 Å². The van der Waals surface area contributed by atoms with Crippen molar-refractivity contribution in [3.63, 3.8) is 0 Å². The Balaban J connectivity index is 1.30. The van der Waals surface area contributed by atoms with E-state index >= 15 is 0 Å². The van der Waals surface area contributed by atoms with Crippen LogP contribution >= 0.6 is 0 Å². The van der Waals surface area contributed by atoms with E-state index in [9.17, 15) is 0 Å². The van der Waals surface area contributed by atoms with Gasteiger partial charge in [0.25, 0.3) is 0 Å². The third-order valence-corrected chi connectivity index (χ3v) is 9.77. The van der Waals surface area contributed by atoms with Gasteiger partial charge in [0.15, 0.2) is 5.58 Å². The third-order valence-electron chi connectivity index (χ3n) is 9.77. The van der Waals surface area contributed by atoms with Gasteiger partial charge in [0, 0.05) is 43.4 Å². The molecular weight excluding hydrogens is 587 g/mol. The van der Waals surface area contributed by atoms with Crippen molar-refractivity contribution in [1.29, 1.82) is 0 Å². The van der Waals surface area contributed by atoms with Crippen LogP contribution in [0.25, 0.3) is 76.5 Å². The SMILES string of the molecule is Cc1cc2c3cc(N(c4ccc(-c5ccccc5)cc4)c4cccc5c4oc4ccccc45)c4ccccc4c3oc2c2ccccc12. The number of benzene rings is 8. The van der Waals surface area contributed by atoms with E-state index in [2.05, 4.69) is 157 Å². The summed E-state index contributed by atoms with van der Waals surface area (Å²) in [7, 11) is 0. The van der Waals surface area contributed by atoms with Crippen molar-refractivity contribution >= 4 is 82.5 Å². The van der Waals surface area contributed by atoms with Crippen LogP contribution in [0.5, 0.6) is 0 Å². The molecule has 226 valence electrons. The summed E-state index contributed by atoms with van der Waals surface area (Å²) in [6, 6.07) is 55.8. The van der Waals surface area contributed by atoms with Crippen molar-refractivity contribution in [2.24, 2.45) is 0 Å². The Morgan fingerprint density at radius 2 is 0.938 bits per heavy atom. The first-order chi connectivity index (χ1) is 23.7. The molecule has 2 heterocycles. The molecule has 2 aromatic heterocycles. The van der Waals surface area contributed by atoms with E-state index in [0.29, 0.717) is 0 Å². The van der Waals surface area contributed by atoms with Crippen molar-refractivity contribution in [3.8, 4) is 11.1 Å². The highest BCUT2D eigenvalue weighted by Crippen LogP contribution is 2.48. The Bertz CT molecular complexity index is 2840. The molecular formula is C45H29NO2. The van der Waals surface area contributed by atoms with Gasteiger partial charge in [-0.15, -0.1) is 0 Å². The molecule has 0 aliphatic carbocycles. The number of anilines is 3. The zero-order valence-corrected chi connectivity index (χ0v) is 26.3. The van der Waals surface area contributed by atoms with Crippen LogP contribution in [0.4, 0.5) is 17.1 Å². The quantitative estimate of drug-likeness (QED) is 0.197. The van der Waals surface area contributed by atoms with Gasteiger partial charge < -0.3 is 13.7 Å². The number of furan rings is 2. The van der Waals surface area contributed by atoms with Crippen LogP contribution in [-0.4, -0.2) is 0 Å². The molecule has 0 unspecified atom stereocenters. The van der Waals surface area contributed by atoms with Gasteiger partial charge in [-0.2, -0.15) is 0 Å². The van der Waals surface area contributed by atoms with Crippen molar-refractivity contribution in [2.45, 2.75) is 6.92 Å². The second-order valence-electron chi connectivity index (χ2n) is 12.5. The summed E-state index contributed by atoms with van der Waals surface area (Å²) >= 11 is 0. The van der Waals surface area contributed by atoms with Crippen LogP contribution in [-0.2, 0) is 0 Å². The van der Waals surface area contributed by atoms with E-state index in [1.165, 1.54) is 22.1 Å².